The third-order valence-corrected chi connectivity index (χ3v) is 6.50. The molecule has 1 aliphatic carbocycles. The number of benzene rings is 1. The fraction of sp³-hybridized carbons (Fsp3) is 0.438. The Hall–Kier alpha value is -0.140. The third-order valence-electron chi connectivity index (χ3n) is 3.98. The number of rotatable bonds is 5. The number of aromatic nitrogens is 1. The number of hydrogen-bond donors (Lipinski definition) is 0. The zero-order chi connectivity index (χ0) is 14.8. The van der Waals surface area contributed by atoms with E-state index in [1.807, 2.05) is 0 Å². The van der Waals surface area contributed by atoms with E-state index in [4.69, 9.17) is 4.74 Å². The van der Waals surface area contributed by atoms with Gasteiger partial charge in [-0.05, 0) is 64.9 Å². The quantitative estimate of drug-likeness (QED) is 0.430. The first-order valence-electron chi connectivity index (χ1n) is 7.10. The number of thiazole rings is 1. The van der Waals surface area contributed by atoms with Gasteiger partial charge < -0.3 is 4.74 Å². The van der Waals surface area contributed by atoms with Crippen LogP contribution < -0.4 is 4.74 Å². The SMILES string of the molecule is Cc1sc(Br)nc1CCOc1ccc2c(c1)CC[C@H]2CI. The van der Waals surface area contributed by atoms with Crippen molar-refractivity contribution < 1.29 is 4.74 Å². The van der Waals surface area contributed by atoms with E-state index in [1.54, 1.807) is 11.3 Å². The van der Waals surface area contributed by atoms with Crippen molar-refractivity contribution in [1.29, 1.82) is 0 Å². The summed E-state index contributed by atoms with van der Waals surface area (Å²) in [6.07, 6.45) is 3.34. The van der Waals surface area contributed by atoms with Crippen LogP contribution in [0.3, 0.4) is 0 Å². The first kappa shape index (κ1) is 15.7. The van der Waals surface area contributed by atoms with Crippen molar-refractivity contribution in [3.63, 3.8) is 0 Å². The molecular formula is C16H17BrINOS. The molecule has 0 spiro atoms. The van der Waals surface area contributed by atoms with E-state index < -0.39 is 0 Å². The van der Waals surface area contributed by atoms with Gasteiger partial charge in [-0.25, -0.2) is 4.98 Å². The first-order chi connectivity index (χ1) is 10.2. The van der Waals surface area contributed by atoms with Gasteiger partial charge in [0.1, 0.15) is 5.75 Å². The van der Waals surface area contributed by atoms with Crippen molar-refractivity contribution in [2.75, 3.05) is 11.0 Å². The summed E-state index contributed by atoms with van der Waals surface area (Å²) in [6, 6.07) is 6.60. The predicted molar refractivity (Wildman–Crippen MR) is 100 cm³/mol. The van der Waals surface area contributed by atoms with E-state index in [-0.39, 0.29) is 0 Å². The molecular weight excluding hydrogens is 461 g/mol. The molecule has 0 saturated heterocycles. The Morgan fingerprint density at radius 2 is 2.33 bits per heavy atom. The van der Waals surface area contributed by atoms with Gasteiger partial charge in [-0.1, -0.05) is 28.7 Å². The van der Waals surface area contributed by atoms with Gasteiger partial charge >= 0.3 is 0 Å². The monoisotopic (exact) mass is 477 g/mol. The zero-order valence-electron chi connectivity index (χ0n) is 11.9. The molecule has 2 aromatic rings. The van der Waals surface area contributed by atoms with Crippen molar-refractivity contribution in [2.24, 2.45) is 0 Å². The molecule has 0 bridgehead atoms. The van der Waals surface area contributed by atoms with Gasteiger partial charge in [0.05, 0.1) is 12.3 Å². The van der Waals surface area contributed by atoms with Crippen molar-refractivity contribution in [3.8, 4) is 5.75 Å². The van der Waals surface area contributed by atoms with Crippen molar-refractivity contribution in [1.82, 2.24) is 4.98 Å². The molecule has 2 nitrogen and oxygen atoms in total. The normalized spacial score (nSPS) is 17.0. The van der Waals surface area contributed by atoms with Crippen LogP contribution in [0.15, 0.2) is 22.1 Å². The molecule has 0 amide bonds. The Morgan fingerprint density at radius 1 is 1.48 bits per heavy atom. The van der Waals surface area contributed by atoms with Crippen LogP contribution in [0.4, 0.5) is 0 Å². The van der Waals surface area contributed by atoms with Gasteiger partial charge in [0.25, 0.3) is 0 Å². The molecule has 1 heterocycles. The highest BCUT2D eigenvalue weighted by Gasteiger charge is 2.21. The predicted octanol–water partition coefficient (Wildman–Crippen LogP) is 5.30. The highest BCUT2D eigenvalue weighted by molar-refractivity contribution is 14.1. The Bertz CT molecular complexity index is 643. The molecule has 1 aromatic heterocycles. The van der Waals surface area contributed by atoms with Gasteiger partial charge in [0, 0.05) is 15.7 Å². The average molecular weight is 478 g/mol. The standard InChI is InChI=1S/C16H17BrINOS/c1-10-15(19-16(17)21-10)6-7-20-13-4-5-14-11(8-13)2-3-12(14)9-18/h4-5,8,12H,2-3,6-7,9H2,1H3/t12-/m0/s1. The molecule has 3 rings (SSSR count). The topological polar surface area (TPSA) is 22.1 Å². The van der Waals surface area contributed by atoms with E-state index in [0.29, 0.717) is 6.61 Å². The summed E-state index contributed by atoms with van der Waals surface area (Å²) < 4.78 is 8.08. The molecule has 21 heavy (non-hydrogen) atoms. The number of aryl methyl sites for hydroxylation is 2. The van der Waals surface area contributed by atoms with Gasteiger partial charge in [-0.2, -0.15) is 0 Å². The number of fused-ring (bicyclic) bond motifs is 1. The largest absolute Gasteiger partial charge is 0.493 e. The van der Waals surface area contributed by atoms with Crippen LogP contribution in [0.1, 0.15) is 34.0 Å². The lowest BCUT2D eigenvalue weighted by atomic mass is 10.0. The maximum atomic E-state index is 5.92. The molecule has 0 N–H and O–H groups in total. The molecule has 1 aromatic carbocycles. The van der Waals surface area contributed by atoms with Gasteiger partial charge in [0.2, 0.25) is 0 Å². The lowest BCUT2D eigenvalue weighted by Gasteiger charge is -2.10. The lowest BCUT2D eigenvalue weighted by molar-refractivity contribution is 0.320. The van der Waals surface area contributed by atoms with E-state index in [9.17, 15) is 0 Å². The van der Waals surface area contributed by atoms with E-state index in [0.717, 1.165) is 27.7 Å². The van der Waals surface area contributed by atoms with Crippen LogP contribution in [0.25, 0.3) is 0 Å². The summed E-state index contributed by atoms with van der Waals surface area (Å²) in [5.41, 5.74) is 4.13. The molecule has 0 fully saturated rings. The second kappa shape index (κ2) is 6.96. The summed E-state index contributed by atoms with van der Waals surface area (Å²) in [4.78, 5) is 5.74. The number of halogens is 2. The fourth-order valence-corrected chi connectivity index (χ4v) is 5.35. The summed E-state index contributed by atoms with van der Waals surface area (Å²) in [7, 11) is 0. The van der Waals surface area contributed by atoms with E-state index in [2.05, 4.69) is 68.6 Å². The number of alkyl halides is 1. The number of hydrogen-bond acceptors (Lipinski definition) is 3. The maximum Gasteiger partial charge on any atom is 0.159 e. The summed E-state index contributed by atoms with van der Waals surface area (Å²) in [5.74, 6) is 1.74. The molecule has 0 aliphatic heterocycles. The zero-order valence-corrected chi connectivity index (χ0v) is 16.4. The maximum absolute atomic E-state index is 5.92. The summed E-state index contributed by atoms with van der Waals surface area (Å²) in [5, 5.41) is 0. The number of nitrogens with zero attached hydrogens (tertiary/aromatic N) is 1. The van der Waals surface area contributed by atoms with Gasteiger partial charge in [-0.15, -0.1) is 11.3 Å². The molecule has 0 radical (unpaired) electrons. The van der Waals surface area contributed by atoms with Crippen LogP contribution in [0.2, 0.25) is 0 Å². The fourth-order valence-electron chi connectivity index (χ4n) is 2.82. The minimum absolute atomic E-state index is 0.686. The molecule has 0 unspecified atom stereocenters. The molecule has 1 atom stereocenters. The lowest BCUT2D eigenvalue weighted by Crippen LogP contribution is -2.03. The highest BCUT2D eigenvalue weighted by atomic mass is 127. The Balaban J connectivity index is 1.60. The van der Waals surface area contributed by atoms with Crippen molar-refractivity contribution in [3.05, 3.63) is 43.8 Å². The van der Waals surface area contributed by atoms with Crippen molar-refractivity contribution >= 4 is 49.9 Å². The number of ether oxygens (including phenoxy) is 1. The molecule has 5 heteroatoms. The first-order valence-corrected chi connectivity index (χ1v) is 10.2. The van der Waals surface area contributed by atoms with Gasteiger partial charge in [-0.3, -0.25) is 0 Å². The minimum atomic E-state index is 0.686. The summed E-state index contributed by atoms with van der Waals surface area (Å²) in [6.45, 7) is 2.79. The van der Waals surface area contributed by atoms with Crippen molar-refractivity contribution in [2.45, 2.75) is 32.1 Å². The summed E-state index contributed by atoms with van der Waals surface area (Å²) >= 11 is 7.60. The highest BCUT2D eigenvalue weighted by Crippen LogP contribution is 2.36. The smallest absolute Gasteiger partial charge is 0.159 e. The van der Waals surface area contributed by atoms with E-state index in [1.165, 1.54) is 33.3 Å². The van der Waals surface area contributed by atoms with E-state index >= 15 is 0 Å². The second-order valence-electron chi connectivity index (χ2n) is 5.32. The molecule has 112 valence electrons. The van der Waals surface area contributed by atoms with Crippen LogP contribution in [-0.4, -0.2) is 16.0 Å². The Labute approximate surface area is 151 Å². The van der Waals surface area contributed by atoms with Crippen LogP contribution >= 0.6 is 49.9 Å². The Morgan fingerprint density at radius 3 is 3.05 bits per heavy atom. The molecule has 1 aliphatic rings. The Kier molecular flexibility index (Phi) is 5.22. The second-order valence-corrected chi connectivity index (χ2v) is 8.68. The third kappa shape index (κ3) is 3.62. The molecule has 0 saturated carbocycles. The van der Waals surface area contributed by atoms with Crippen LogP contribution in [0.5, 0.6) is 5.75 Å². The average Bonchev–Trinajstić information content (AvgIpc) is 3.01. The minimum Gasteiger partial charge on any atom is -0.493 e. The van der Waals surface area contributed by atoms with Crippen LogP contribution in [0, 0.1) is 6.92 Å². The van der Waals surface area contributed by atoms with Gasteiger partial charge in [0.15, 0.2) is 3.92 Å². The van der Waals surface area contributed by atoms with Crippen LogP contribution in [-0.2, 0) is 12.8 Å².